The zero-order valence-electron chi connectivity index (χ0n) is 15.4. The van der Waals surface area contributed by atoms with E-state index in [4.69, 9.17) is 9.47 Å². The minimum atomic E-state index is 0.0648. The number of carbonyl (C=O) groups excluding carboxylic acids is 1. The molecule has 0 spiro atoms. The van der Waals surface area contributed by atoms with Crippen molar-refractivity contribution in [1.82, 2.24) is 0 Å². The second-order valence-electron chi connectivity index (χ2n) is 6.40. The van der Waals surface area contributed by atoms with E-state index in [2.05, 4.69) is 0 Å². The molecule has 3 aromatic carbocycles. The molecule has 0 unspecified atom stereocenters. The maximum absolute atomic E-state index is 13.1. The van der Waals surface area contributed by atoms with Gasteiger partial charge in [0.25, 0.3) is 0 Å². The fourth-order valence-corrected chi connectivity index (χ4v) is 3.83. The molecule has 28 heavy (non-hydrogen) atoms. The number of ether oxygens (including phenoxy) is 2. The van der Waals surface area contributed by atoms with Crippen LogP contribution in [0.5, 0.6) is 11.5 Å². The lowest BCUT2D eigenvalue weighted by atomic mass is 10.2. The number of amides is 1. The third-order valence-corrected chi connectivity index (χ3v) is 5.41. The van der Waals surface area contributed by atoms with Gasteiger partial charge in [0.1, 0.15) is 13.2 Å². The molecule has 4 nitrogen and oxygen atoms in total. The van der Waals surface area contributed by atoms with E-state index in [1.54, 1.807) is 0 Å². The van der Waals surface area contributed by atoms with Gasteiger partial charge in [-0.1, -0.05) is 48.5 Å². The third-order valence-electron chi connectivity index (χ3n) is 4.43. The molecule has 1 aliphatic rings. The Labute approximate surface area is 169 Å². The molecule has 0 saturated carbocycles. The summed E-state index contributed by atoms with van der Waals surface area (Å²) in [4.78, 5) is 15.9. The van der Waals surface area contributed by atoms with E-state index >= 15 is 0 Å². The Morgan fingerprint density at radius 1 is 0.857 bits per heavy atom. The van der Waals surface area contributed by atoms with Crippen molar-refractivity contribution in [3.05, 3.63) is 84.4 Å². The maximum atomic E-state index is 13.1. The van der Waals surface area contributed by atoms with E-state index in [-0.39, 0.29) is 5.91 Å². The molecule has 1 heterocycles. The van der Waals surface area contributed by atoms with E-state index < -0.39 is 0 Å². The van der Waals surface area contributed by atoms with Gasteiger partial charge < -0.3 is 14.4 Å². The normalized spacial score (nSPS) is 12.4. The summed E-state index contributed by atoms with van der Waals surface area (Å²) in [6, 6.07) is 25.7. The van der Waals surface area contributed by atoms with Crippen molar-refractivity contribution < 1.29 is 14.3 Å². The van der Waals surface area contributed by atoms with Crippen molar-refractivity contribution in [3.63, 3.8) is 0 Å². The number of anilines is 1. The van der Waals surface area contributed by atoms with Gasteiger partial charge in [-0.15, -0.1) is 11.8 Å². The van der Waals surface area contributed by atoms with E-state index in [1.165, 1.54) is 11.8 Å². The predicted molar refractivity (Wildman–Crippen MR) is 112 cm³/mol. The van der Waals surface area contributed by atoms with Gasteiger partial charge in [0, 0.05) is 10.6 Å². The van der Waals surface area contributed by atoms with E-state index in [9.17, 15) is 4.79 Å². The molecule has 0 N–H and O–H groups in total. The SMILES string of the molecule is O=C(CSc1ccc2c(c1)OCCO2)N(Cc1ccccc1)c1ccccc1. The Morgan fingerprint density at radius 3 is 2.29 bits per heavy atom. The molecule has 0 bridgehead atoms. The van der Waals surface area contributed by atoms with Gasteiger partial charge in [0.2, 0.25) is 5.91 Å². The van der Waals surface area contributed by atoms with Crippen molar-refractivity contribution >= 4 is 23.4 Å². The molecule has 0 atom stereocenters. The highest BCUT2D eigenvalue weighted by Crippen LogP contribution is 2.34. The predicted octanol–water partition coefficient (Wildman–Crippen LogP) is 4.78. The third kappa shape index (κ3) is 4.49. The molecular weight excluding hydrogens is 370 g/mol. The van der Waals surface area contributed by atoms with Gasteiger partial charge in [-0.2, -0.15) is 0 Å². The van der Waals surface area contributed by atoms with Crippen LogP contribution < -0.4 is 14.4 Å². The first-order valence-electron chi connectivity index (χ1n) is 9.21. The van der Waals surface area contributed by atoms with Crippen LogP contribution in [-0.2, 0) is 11.3 Å². The minimum Gasteiger partial charge on any atom is -0.486 e. The van der Waals surface area contributed by atoms with Gasteiger partial charge in [-0.3, -0.25) is 4.79 Å². The van der Waals surface area contributed by atoms with Gasteiger partial charge in [0.05, 0.1) is 12.3 Å². The Bertz CT molecular complexity index is 931. The number of fused-ring (bicyclic) bond motifs is 1. The number of para-hydroxylation sites is 1. The fraction of sp³-hybridized carbons (Fsp3) is 0.174. The van der Waals surface area contributed by atoms with E-state index in [1.807, 2.05) is 83.8 Å². The standard InChI is InChI=1S/C23H21NO3S/c25-23(17-28-20-11-12-21-22(15-20)27-14-13-26-21)24(19-9-5-2-6-10-19)16-18-7-3-1-4-8-18/h1-12,15H,13-14,16-17H2. The quantitative estimate of drug-likeness (QED) is 0.567. The second kappa shape index (κ2) is 8.85. The van der Waals surface area contributed by atoms with Crippen molar-refractivity contribution in [2.24, 2.45) is 0 Å². The highest BCUT2D eigenvalue weighted by molar-refractivity contribution is 8.00. The Balaban J connectivity index is 1.48. The summed E-state index contributed by atoms with van der Waals surface area (Å²) < 4.78 is 11.2. The van der Waals surface area contributed by atoms with Crippen LogP contribution in [0.25, 0.3) is 0 Å². The van der Waals surface area contributed by atoms with Gasteiger partial charge in [-0.25, -0.2) is 0 Å². The molecule has 0 saturated heterocycles. The first kappa shape index (κ1) is 18.4. The summed E-state index contributed by atoms with van der Waals surface area (Å²) in [7, 11) is 0. The number of benzene rings is 3. The molecular formula is C23H21NO3S. The summed E-state index contributed by atoms with van der Waals surface area (Å²) in [5, 5.41) is 0. The average Bonchev–Trinajstić information content (AvgIpc) is 2.77. The molecule has 4 rings (SSSR count). The van der Waals surface area contributed by atoms with Crippen LogP contribution in [-0.4, -0.2) is 24.9 Å². The van der Waals surface area contributed by atoms with Gasteiger partial charge >= 0.3 is 0 Å². The topological polar surface area (TPSA) is 38.8 Å². The fourth-order valence-electron chi connectivity index (χ4n) is 3.03. The van der Waals surface area contributed by atoms with Crippen LogP contribution in [0.2, 0.25) is 0 Å². The summed E-state index contributed by atoms with van der Waals surface area (Å²) in [6.45, 7) is 1.67. The van der Waals surface area contributed by atoms with Crippen molar-refractivity contribution in [2.45, 2.75) is 11.4 Å². The summed E-state index contributed by atoms with van der Waals surface area (Å²) in [5.74, 6) is 1.92. The van der Waals surface area contributed by atoms with Crippen molar-refractivity contribution in [1.29, 1.82) is 0 Å². The lowest BCUT2D eigenvalue weighted by Crippen LogP contribution is -2.31. The lowest BCUT2D eigenvalue weighted by molar-refractivity contribution is -0.116. The molecule has 0 aromatic heterocycles. The van der Waals surface area contributed by atoms with Crippen LogP contribution in [0.4, 0.5) is 5.69 Å². The zero-order valence-corrected chi connectivity index (χ0v) is 16.2. The number of thioether (sulfide) groups is 1. The molecule has 0 aliphatic carbocycles. The van der Waals surface area contributed by atoms with E-state index in [0.717, 1.165) is 27.6 Å². The van der Waals surface area contributed by atoms with Crippen LogP contribution in [0.15, 0.2) is 83.8 Å². The van der Waals surface area contributed by atoms with Crippen LogP contribution in [0.1, 0.15) is 5.56 Å². The molecule has 0 radical (unpaired) electrons. The minimum absolute atomic E-state index is 0.0648. The highest BCUT2D eigenvalue weighted by atomic mass is 32.2. The van der Waals surface area contributed by atoms with Crippen LogP contribution in [0, 0.1) is 0 Å². The Hall–Kier alpha value is -2.92. The van der Waals surface area contributed by atoms with Gasteiger partial charge in [-0.05, 0) is 35.9 Å². The summed E-state index contributed by atoms with van der Waals surface area (Å²) >= 11 is 1.51. The van der Waals surface area contributed by atoms with E-state index in [0.29, 0.717) is 25.5 Å². The number of hydrogen-bond donors (Lipinski definition) is 0. The first-order chi connectivity index (χ1) is 13.8. The van der Waals surface area contributed by atoms with Crippen LogP contribution in [0.3, 0.4) is 0 Å². The second-order valence-corrected chi connectivity index (χ2v) is 7.44. The molecule has 0 fully saturated rings. The zero-order chi connectivity index (χ0) is 19.2. The van der Waals surface area contributed by atoms with Crippen LogP contribution >= 0.6 is 11.8 Å². The number of rotatable bonds is 6. The van der Waals surface area contributed by atoms with Crippen molar-refractivity contribution in [2.75, 3.05) is 23.9 Å². The molecule has 1 aliphatic heterocycles. The smallest absolute Gasteiger partial charge is 0.237 e. The Kier molecular flexibility index (Phi) is 5.83. The number of hydrogen-bond acceptors (Lipinski definition) is 4. The first-order valence-corrected chi connectivity index (χ1v) is 10.2. The average molecular weight is 391 g/mol. The van der Waals surface area contributed by atoms with Gasteiger partial charge in [0.15, 0.2) is 11.5 Å². The van der Waals surface area contributed by atoms with Crippen molar-refractivity contribution in [3.8, 4) is 11.5 Å². The molecule has 1 amide bonds. The number of carbonyl (C=O) groups is 1. The Morgan fingerprint density at radius 2 is 1.54 bits per heavy atom. The monoisotopic (exact) mass is 391 g/mol. The number of nitrogens with zero attached hydrogens (tertiary/aromatic N) is 1. The summed E-state index contributed by atoms with van der Waals surface area (Å²) in [6.07, 6.45) is 0. The maximum Gasteiger partial charge on any atom is 0.237 e. The highest BCUT2D eigenvalue weighted by Gasteiger charge is 2.18. The lowest BCUT2D eigenvalue weighted by Gasteiger charge is -2.23. The molecule has 5 heteroatoms. The largest absolute Gasteiger partial charge is 0.486 e. The molecule has 3 aromatic rings. The summed E-state index contributed by atoms with van der Waals surface area (Å²) in [5.41, 5.74) is 2.00. The molecule has 142 valence electrons.